The lowest BCUT2D eigenvalue weighted by Gasteiger charge is -2.33. The summed E-state index contributed by atoms with van der Waals surface area (Å²) in [6.07, 6.45) is -1.54. The normalized spacial score (nSPS) is 16.0. The third kappa shape index (κ3) is 6.41. The van der Waals surface area contributed by atoms with E-state index in [1.54, 1.807) is 23.1 Å². The number of alkyl halides is 3. The molecule has 34 heavy (non-hydrogen) atoms. The summed E-state index contributed by atoms with van der Waals surface area (Å²) in [6, 6.07) is 10.4. The fraction of sp³-hybridized carbons (Fsp3) is 0.304. The van der Waals surface area contributed by atoms with Crippen LogP contribution in [0.2, 0.25) is 0 Å². The molecule has 0 unspecified atom stereocenters. The van der Waals surface area contributed by atoms with Gasteiger partial charge in [0.15, 0.2) is 11.5 Å². The number of piperazine rings is 1. The molecule has 0 aliphatic carbocycles. The molecule has 0 radical (unpaired) electrons. The topological polar surface area (TPSA) is 80.3 Å². The Morgan fingerprint density at radius 3 is 2.41 bits per heavy atom. The van der Waals surface area contributed by atoms with E-state index in [0.29, 0.717) is 43.4 Å². The number of carbonyl (C=O) groups is 2. The molecule has 0 spiro atoms. The molecule has 0 bridgehead atoms. The Bertz CT molecular complexity index is 1060. The van der Waals surface area contributed by atoms with Crippen LogP contribution in [0.4, 0.5) is 18.9 Å². The number of carbonyl (C=O) groups excluding carboxylic acids is 2. The first kappa shape index (κ1) is 23.4. The number of fused-ring (bicyclic) bond motifs is 1. The number of halogens is 3. The van der Waals surface area contributed by atoms with Crippen molar-refractivity contribution in [3.8, 4) is 17.2 Å². The van der Waals surface area contributed by atoms with Crippen molar-refractivity contribution in [1.29, 1.82) is 0 Å². The van der Waals surface area contributed by atoms with Crippen LogP contribution >= 0.6 is 0 Å². The lowest BCUT2D eigenvalue weighted by molar-refractivity contribution is -0.274. The Hall–Kier alpha value is -3.73. The van der Waals surface area contributed by atoms with E-state index >= 15 is 0 Å². The molecule has 11 heteroatoms. The molecule has 8 nitrogen and oxygen atoms in total. The van der Waals surface area contributed by atoms with Crippen molar-refractivity contribution < 1.29 is 37.0 Å². The zero-order valence-electron chi connectivity index (χ0n) is 18.0. The van der Waals surface area contributed by atoms with Gasteiger partial charge in [0.05, 0.1) is 6.54 Å². The van der Waals surface area contributed by atoms with Crippen LogP contribution in [0.15, 0.2) is 48.5 Å². The Morgan fingerprint density at radius 1 is 1.00 bits per heavy atom. The van der Waals surface area contributed by atoms with Gasteiger partial charge in [0.25, 0.3) is 0 Å². The second-order valence-electron chi connectivity index (χ2n) is 7.67. The van der Waals surface area contributed by atoms with Crippen LogP contribution in [0.1, 0.15) is 5.56 Å². The van der Waals surface area contributed by atoms with Gasteiger partial charge >= 0.3 is 6.36 Å². The monoisotopic (exact) mass is 477 g/mol. The minimum Gasteiger partial charge on any atom is -0.454 e. The summed E-state index contributed by atoms with van der Waals surface area (Å²) in [5.74, 6) is 0.539. The maximum absolute atomic E-state index is 12.5. The average Bonchev–Trinajstić information content (AvgIpc) is 3.26. The number of ether oxygens (including phenoxy) is 3. The van der Waals surface area contributed by atoms with Crippen LogP contribution in [-0.2, 0) is 9.59 Å². The molecule has 1 saturated heterocycles. The van der Waals surface area contributed by atoms with E-state index < -0.39 is 6.36 Å². The van der Waals surface area contributed by atoms with E-state index in [1.807, 2.05) is 11.0 Å². The van der Waals surface area contributed by atoms with Crippen molar-refractivity contribution >= 4 is 23.6 Å². The van der Waals surface area contributed by atoms with Crippen LogP contribution in [-0.4, -0.2) is 67.5 Å². The van der Waals surface area contributed by atoms with Crippen LogP contribution < -0.4 is 19.5 Å². The molecule has 0 aromatic heterocycles. The smallest absolute Gasteiger partial charge is 0.454 e. The van der Waals surface area contributed by atoms with Gasteiger partial charge in [-0.1, -0.05) is 6.07 Å². The van der Waals surface area contributed by atoms with Crippen LogP contribution in [0.5, 0.6) is 17.2 Å². The van der Waals surface area contributed by atoms with Gasteiger partial charge in [0.1, 0.15) is 5.75 Å². The molecular formula is C23H22F3N3O5. The second-order valence-corrected chi connectivity index (χ2v) is 7.67. The lowest BCUT2D eigenvalue weighted by atomic mass is 10.2. The molecule has 4 rings (SSSR count). The van der Waals surface area contributed by atoms with Crippen LogP contribution in [0, 0.1) is 0 Å². The highest BCUT2D eigenvalue weighted by atomic mass is 19.4. The molecule has 0 atom stereocenters. The fourth-order valence-corrected chi connectivity index (χ4v) is 3.56. The molecule has 0 saturated carbocycles. The number of hydrogen-bond acceptors (Lipinski definition) is 6. The van der Waals surface area contributed by atoms with Crippen LogP contribution in [0.25, 0.3) is 6.08 Å². The summed E-state index contributed by atoms with van der Waals surface area (Å²) in [5.41, 5.74) is 1.19. The number of hydrogen-bond donors (Lipinski definition) is 1. The van der Waals surface area contributed by atoms with Gasteiger partial charge in [-0.25, -0.2) is 0 Å². The highest BCUT2D eigenvalue weighted by molar-refractivity contribution is 5.93. The van der Waals surface area contributed by atoms with E-state index in [0.717, 1.165) is 17.7 Å². The third-order valence-corrected chi connectivity index (χ3v) is 5.24. The first-order valence-corrected chi connectivity index (χ1v) is 10.5. The summed E-state index contributed by atoms with van der Waals surface area (Å²) < 4.78 is 51.1. The maximum atomic E-state index is 12.5. The Morgan fingerprint density at radius 2 is 1.71 bits per heavy atom. The van der Waals surface area contributed by atoms with Crippen molar-refractivity contribution in [1.82, 2.24) is 9.80 Å². The Balaban J connectivity index is 1.20. The average molecular weight is 477 g/mol. The molecule has 2 amide bonds. The Labute approximate surface area is 193 Å². The van der Waals surface area contributed by atoms with E-state index in [1.165, 1.54) is 18.2 Å². The maximum Gasteiger partial charge on any atom is 0.573 e. The minimum absolute atomic E-state index is 0.107. The summed E-state index contributed by atoms with van der Waals surface area (Å²) in [5, 5.41) is 2.64. The van der Waals surface area contributed by atoms with Gasteiger partial charge < -0.3 is 24.4 Å². The van der Waals surface area contributed by atoms with Gasteiger partial charge in [-0.15, -0.1) is 13.2 Å². The van der Waals surface area contributed by atoms with Crippen molar-refractivity contribution in [2.75, 3.05) is 44.8 Å². The van der Waals surface area contributed by atoms with Crippen molar-refractivity contribution in [3.63, 3.8) is 0 Å². The number of nitrogens with zero attached hydrogens (tertiary/aromatic N) is 2. The van der Waals surface area contributed by atoms with Crippen molar-refractivity contribution in [3.05, 3.63) is 54.1 Å². The zero-order chi connectivity index (χ0) is 24.1. The first-order valence-electron chi connectivity index (χ1n) is 10.5. The zero-order valence-corrected chi connectivity index (χ0v) is 18.0. The van der Waals surface area contributed by atoms with Gasteiger partial charge in [-0.05, 0) is 48.0 Å². The Kier molecular flexibility index (Phi) is 6.92. The molecular weight excluding hydrogens is 455 g/mol. The lowest BCUT2D eigenvalue weighted by Crippen LogP contribution is -2.50. The number of rotatable bonds is 6. The summed E-state index contributed by atoms with van der Waals surface area (Å²) in [6.45, 7) is 2.29. The summed E-state index contributed by atoms with van der Waals surface area (Å²) in [7, 11) is 0. The SMILES string of the molecule is O=C(CN1CCN(C(=O)/C=C/c2ccc3c(c2)OCO3)CC1)Nc1ccc(OC(F)(F)F)cc1. The number of amides is 2. The summed E-state index contributed by atoms with van der Waals surface area (Å²) in [4.78, 5) is 28.4. The second kappa shape index (κ2) is 10.0. The van der Waals surface area contributed by atoms with Crippen molar-refractivity contribution in [2.45, 2.75) is 6.36 Å². The molecule has 1 N–H and O–H groups in total. The highest BCUT2D eigenvalue weighted by Gasteiger charge is 2.31. The largest absolute Gasteiger partial charge is 0.573 e. The van der Waals surface area contributed by atoms with E-state index in [9.17, 15) is 22.8 Å². The standard InChI is InChI=1S/C23H22F3N3O5/c24-23(25,26)34-18-5-3-17(4-6-18)27-21(30)14-28-9-11-29(12-10-28)22(31)8-2-16-1-7-19-20(13-16)33-15-32-19/h1-8,13H,9-12,14-15H2,(H,27,30)/b8-2+. The van der Waals surface area contributed by atoms with Gasteiger partial charge in [0.2, 0.25) is 18.6 Å². The molecule has 2 aromatic carbocycles. The minimum atomic E-state index is -4.77. The van der Waals surface area contributed by atoms with Crippen LogP contribution in [0.3, 0.4) is 0 Å². The molecule has 2 aliphatic heterocycles. The third-order valence-electron chi connectivity index (χ3n) is 5.24. The van der Waals surface area contributed by atoms with Crippen molar-refractivity contribution in [2.24, 2.45) is 0 Å². The predicted octanol–water partition coefficient (Wildman–Crippen LogP) is 3.11. The predicted molar refractivity (Wildman–Crippen MR) is 116 cm³/mol. The van der Waals surface area contributed by atoms with Gasteiger partial charge in [-0.3, -0.25) is 14.5 Å². The molecule has 1 fully saturated rings. The van der Waals surface area contributed by atoms with E-state index in [4.69, 9.17) is 9.47 Å². The molecule has 2 heterocycles. The van der Waals surface area contributed by atoms with Gasteiger partial charge in [-0.2, -0.15) is 0 Å². The molecule has 2 aromatic rings. The number of nitrogens with one attached hydrogen (secondary N) is 1. The summed E-state index contributed by atoms with van der Waals surface area (Å²) >= 11 is 0. The quantitative estimate of drug-likeness (QED) is 0.645. The molecule has 180 valence electrons. The fourth-order valence-electron chi connectivity index (χ4n) is 3.56. The number of benzene rings is 2. The van der Waals surface area contributed by atoms with E-state index in [-0.39, 0.29) is 30.9 Å². The van der Waals surface area contributed by atoms with E-state index in [2.05, 4.69) is 10.1 Å². The van der Waals surface area contributed by atoms with Gasteiger partial charge in [0, 0.05) is 37.9 Å². The first-order chi connectivity index (χ1) is 16.2. The molecule has 2 aliphatic rings. The number of anilines is 1. The highest BCUT2D eigenvalue weighted by Crippen LogP contribution is 2.32.